The number of hydrogen-bond donors (Lipinski definition) is 4. The summed E-state index contributed by atoms with van der Waals surface area (Å²) in [6, 6.07) is 17.1. The molecule has 12 heteroatoms. The van der Waals surface area contributed by atoms with Gasteiger partial charge < -0.3 is 21.1 Å². The van der Waals surface area contributed by atoms with Gasteiger partial charge in [0.05, 0.1) is 22.9 Å². The van der Waals surface area contributed by atoms with Gasteiger partial charge in [-0.25, -0.2) is 14.8 Å². The van der Waals surface area contributed by atoms with E-state index in [0.717, 1.165) is 23.2 Å². The summed E-state index contributed by atoms with van der Waals surface area (Å²) in [5.41, 5.74) is 10.7. The lowest BCUT2D eigenvalue weighted by atomic mass is 10.1. The molecule has 0 radical (unpaired) electrons. The molecule has 0 fully saturated rings. The van der Waals surface area contributed by atoms with Crippen molar-refractivity contribution in [2.24, 2.45) is 5.73 Å². The number of pyridine rings is 1. The highest BCUT2D eigenvalue weighted by Crippen LogP contribution is 2.31. The van der Waals surface area contributed by atoms with Crippen LogP contribution in [0.15, 0.2) is 54.7 Å². The Morgan fingerprint density at radius 3 is 2.50 bits per heavy atom. The van der Waals surface area contributed by atoms with Crippen LogP contribution in [0.5, 0.6) is 0 Å². The third kappa shape index (κ3) is 5.76. The number of halogens is 3. The zero-order valence-electron chi connectivity index (χ0n) is 18.7. The molecule has 2 aromatic carbocycles. The van der Waals surface area contributed by atoms with Crippen LogP contribution in [0.25, 0.3) is 22.6 Å². The molecule has 5 N–H and O–H groups in total. The number of rotatable bonds is 5. The lowest BCUT2D eigenvalue weighted by Crippen LogP contribution is -2.21. The number of carboxylic acids is 1. The van der Waals surface area contributed by atoms with Crippen LogP contribution in [0.1, 0.15) is 28.4 Å². The average molecular weight is 496 g/mol. The lowest BCUT2D eigenvalue weighted by molar-refractivity contribution is -0.192. The van der Waals surface area contributed by atoms with E-state index in [1.807, 2.05) is 30.3 Å². The second-order valence-corrected chi connectivity index (χ2v) is 7.33. The van der Waals surface area contributed by atoms with Crippen molar-refractivity contribution in [1.29, 1.82) is 5.26 Å². The number of nitrogens with zero attached hydrogens (tertiary/aromatic N) is 3. The Morgan fingerprint density at radius 1 is 1.19 bits per heavy atom. The molecule has 2 aromatic heterocycles. The summed E-state index contributed by atoms with van der Waals surface area (Å²) in [5, 5.41) is 19.6. The van der Waals surface area contributed by atoms with Crippen molar-refractivity contribution < 1.29 is 27.9 Å². The number of amides is 1. The normalized spacial score (nSPS) is 10.8. The van der Waals surface area contributed by atoms with E-state index in [1.54, 1.807) is 18.2 Å². The van der Waals surface area contributed by atoms with Crippen LogP contribution in [-0.2, 0) is 11.2 Å². The molecule has 1 amide bonds. The van der Waals surface area contributed by atoms with Gasteiger partial charge in [-0.1, -0.05) is 37.3 Å². The quantitative estimate of drug-likeness (QED) is 0.316. The number of fused-ring (bicyclic) bond motifs is 1. The van der Waals surface area contributed by atoms with E-state index in [1.165, 1.54) is 6.20 Å². The number of aliphatic carboxylic acids is 1. The first-order chi connectivity index (χ1) is 17.0. The average Bonchev–Trinajstić information content (AvgIpc) is 3.29. The monoisotopic (exact) mass is 496 g/mol. The van der Waals surface area contributed by atoms with Crippen LogP contribution in [0.3, 0.4) is 0 Å². The molecule has 184 valence electrons. The van der Waals surface area contributed by atoms with E-state index < -0.39 is 18.1 Å². The fourth-order valence-electron chi connectivity index (χ4n) is 3.23. The van der Waals surface area contributed by atoms with E-state index in [4.69, 9.17) is 20.9 Å². The van der Waals surface area contributed by atoms with E-state index in [9.17, 15) is 18.0 Å². The van der Waals surface area contributed by atoms with Crippen LogP contribution in [-0.4, -0.2) is 38.1 Å². The van der Waals surface area contributed by atoms with Crippen LogP contribution in [0, 0.1) is 11.3 Å². The second-order valence-electron chi connectivity index (χ2n) is 7.33. The third-order valence-corrected chi connectivity index (χ3v) is 4.95. The molecule has 0 atom stereocenters. The van der Waals surface area contributed by atoms with E-state index in [-0.39, 0.29) is 5.56 Å². The molecule has 2 heterocycles. The van der Waals surface area contributed by atoms with E-state index in [0.29, 0.717) is 28.2 Å². The van der Waals surface area contributed by atoms with Crippen molar-refractivity contribution in [3.63, 3.8) is 0 Å². The highest BCUT2D eigenvalue weighted by Gasteiger charge is 2.38. The van der Waals surface area contributed by atoms with Crippen LogP contribution < -0.4 is 11.1 Å². The fraction of sp³-hybridized carbons (Fsp3) is 0.125. The topological polar surface area (TPSA) is 158 Å². The SMILES string of the molecule is CCc1ccccc1Nc1c(C(N)=O)cnc2nc(-c3cccc(C#N)c3)[nH]c12.O=C(O)C(F)(F)F. The predicted octanol–water partition coefficient (Wildman–Crippen LogP) is 4.53. The molecule has 4 aromatic rings. The number of anilines is 2. The zero-order chi connectivity index (χ0) is 26.5. The number of hydrogen-bond acceptors (Lipinski definition) is 6. The smallest absolute Gasteiger partial charge is 0.475 e. The maximum Gasteiger partial charge on any atom is 0.490 e. The zero-order valence-corrected chi connectivity index (χ0v) is 18.7. The summed E-state index contributed by atoms with van der Waals surface area (Å²) in [7, 11) is 0. The van der Waals surface area contributed by atoms with E-state index >= 15 is 0 Å². The molecule has 0 saturated carbocycles. The first-order valence-corrected chi connectivity index (χ1v) is 10.4. The third-order valence-electron chi connectivity index (χ3n) is 4.95. The molecular weight excluding hydrogens is 477 g/mol. The van der Waals surface area contributed by atoms with Crippen molar-refractivity contribution in [3.05, 3.63) is 71.4 Å². The minimum Gasteiger partial charge on any atom is -0.475 e. The number of primary amides is 1. The van der Waals surface area contributed by atoms with Gasteiger partial charge in [0, 0.05) is 17.4 Å². The molecule has 0 aliphatic heterocycles. The number of carbonyl (C=O) groups is 2. The summed E-state index contributed by atoms with van der Waals surface area (Å²) in [5.74, 6) is -2.79. The summed E-state index contributed by atoms with van der Waals surface area (Å²) in [6.45, 7) is 2.06. The molecule has 0 unspecified atom stereocenters. The molecule has 0 bridgehead atoms. The number of nitrogens with one attached hydrogen (secondary N) is 2. The predicted molar refractivity (Wildman–Crippen MR) is 125 cm³/mol. The molecule has 0 saturated heterocycles. The highest BCUT2D eigenvalue weighted by atomic mass is 19.4. The number of alkyl halides is 3. The Kier molecular flexibility index (Phi) is 7.54. The summed E-state index contributed by atoms with van der Waals surface area (Å²) in [4.78, 5) is 33.0. The standard InChI is InChI=1S/C22H18N6O.C2HF3O2/c1-2-14-7-3-4-9-17(14)26-18-16(20(24)29)12-25-22-19(18)27-21(28-22)15-8-5-6-13(10-15)11-23;3-2(4,5)1(6)7/h3-10,12H,2H2,1H3,(H2,24,29)(H2,25,26,27,28);(H,6,7). The van der Waals surface area contributed by atoms with Gasteiger partial charge in [0.1, 0.15) is 11.3 Å². The van der Waals surface area contributed by atoms with Gasteiger partial charge in [0.2, 0.25) is 0 Å². The van der Waals surface area contributed by atoms with Crippen molar-refractivity contribution >= 4 is 34.4 Å². The summed E-state index contributed by atoms with van der Waals surface area (Å²) in [6.07, 6.45) is -2.82. The van der Waals surface area contributed by atoms with Gasteiger partial charge in [0.25, 0.3) is 5.91 Å². The van der Waals surface area contributed by atoms with Gasteiger partial charge in [0.15, 0.2) is 5.65 Å². The number of carbonyl (C=O) groups excluding carboxylic acids is 1. The Bertz CT molecular complexity index is 1470. The number of carboxylic acid groups (broad SMARTS) is 1. The molecule has 36 heavy (non-hydrogen) atoms. The number of nitrogens with two attached hydrogens (primary N) is 1. The summed E-state index contributed by atoms with van der Waals surface area (Å²) >= 11 is 0. The van der Waals surface area contributed by atoms with Crippen molar-refractivity contribution in [1.82, 2.24) is 15.0 Å². The second kappa shape index (κ2) is 10.6. The van der Waals surface area contributed by atoms with Crippen LogP contribution in [0.2, 0.25) is 0 Å². The molecule has 0 aliphatic carbocycles. The van der Waals surface area contributed by atoms with Gasteiger partial charge in [-0.15, -0.1) is 0 Å². The summed E-state index contributed by atoms with van der Waals surface area (Å²) < 4.78 is 31.7. The number of benzene rings is 2. The van der Waals surface area contributed by atoms with Crippen molar-refractivity contribution in [2.45, 2.75) is 19.5 Å². The van der Waals surface area contributed by atoms with Crippen LogP contribution in [0.4, 0.5) is 24.5 Å². The Hall–Kier alpha value is -4.92. The number of aromatic nitrogens is 3. The fourth-order valence-corrected chi connectivity index (χ4v) is 3.23. The van der Waals surface area contributed by atoms with Crippen molar-refractivity contribution in [3.8, 4) is 17.5 Å². The Labute approximate surface area is 202 Å². The maximum atomic E-state index is 12.0. The van der Waals surface area contributed by atoms with Gasteiger partial charge in [-0.05, 0) is 30.2 Å². The number of aryl methyl sites for hydroxylation is 1. The number of H-pyrrole nitrogens is 1. The maximum absolute atomic E-state index is 12.0. The largest absolute Gasteiger partial charge is 0.490 e. The van der Waals surface area contributed by atoms with Crippen LogP contribution >= 0.6 is 0 Å². The molecule has 0 aliphatic rings. The number of para-hydroxylation sites is 1. The first-order valence-electron chi connectivity index (χ1n) is 10.4. The Morgan fingerprint density at radius 2 is 1.89 bits per heavy atom. The van der Waals surface area contributed by atoms with Crippen molar-refractivity contribution in [2.75, 3.05) is 5.32 Å². The Balaban J connectivity index is 0.000000454. The van der Waals surface area contributed by atoms with Gasteiger partial charge >= 0.3 is 12.1 Å². The number of nitriles is 1. The minimum absolute atomic E-state index is 0.268. The molecule has 9 nitrogen and oxygen atoms in total. The highest BCUT2D eigenvalue weighted by molar-refractivity contribution is 6.06. The van der Waals surface area contributed by atoms with Gasteiger partial charge in [-0.3, -0.25) is 4.79 Å². The molecule has 4 rings (SSSR count). The number of aromatic amines is 1. The minimum atomic E-state index is -5.08. The first kappa shape index (κ1) is 25.7. The van der Waals surface area contributed by atoms with Gasteiger partial charge in [-0.2, -0.15) is 18.4 Å². The lowest BCUT2D eigenvalue weighted by Gasteiger charge is -2.13. The molecular formula is C24H19F3N6O3. The molecule has 0 spiro atoms. The number of imidazole rings is 1. The van der Waals surface area contributed by atoms with E-state index in [2.05, 4.69) is 33.3 Å².